The molecule has 1 saturated heterocycles. The van der Waals surface area contributed by atoms with Gasteiger partial charge in [0.1, 0.15) is 5.75 Å². The van der Waals surface area contributed by atoms with E-state index in [4.69, 9.17) is 9.47 Å². The smallest absolute Gasteiger partial charge is 0.344 e. The molecule has 1 aliphatic heterocycles. The maximum absolute atomic E-state index is 12.8. The molecule has 1 fully saturated rings. The Labute approximate surface area is 195 Å². The highest BCUT2D eigenvalue weighted by molar-refractivity contribution is 9.10. The SMILES string of the molecule is CCOC(=O)COc1ccc(Br)cc1/C=C1\SC(=O)N(Cc2ccc([N+](=O)[O-])cc2)C1=O. The number of non-ortho nitro benzene ring substituents is 1. The largest absolute Gasteiger partial charge is 0.481 e. The summed E-state index contributed by atoms with van der Waals surface area (Å²) in [4.78, 5) is 48.4. The zero-order chi connectivity index (χ0) is 23.3. The van der Waals surface area contributed by atoms with Crippen LogP contribution in [0, 0.1) is 10.1 Å². The van der Waals surface area contributed by atoms with Crippen molar-refractivity contribution in [2.45, 2.75) is 13.5 Å². The van der Waals surface area contributed by atoms with Gasteiger partial charge in [0.25, 0.3) is 16.8 Å². The van der Waals surface area contributed by atoms with Gasteiger partial charge in [-0.05, 0) is 48.5 Å². The summed E-state index contributed by atoms with van der Waals surface area (Å²) in [5.41, 5.74) is 1.01. The van der Waals surface area contributed by atoms with Crippen molar-refractivity contribution in [1.29, 1.82) is 0 Å². The third-order valence-corrected chi connectivity index (χ3v) is 5.67. The number of nitrogens with zero attached hydrogens (tertiary/aromatic N) is 2. The van der Waals surface area contributed by atoms with Crippen molar-refractivity contribution in [3.8, 4) is 5.75 Å². The van der Waals surface area contributed by atoms with E-state index >= 15 is 0 Å². The van der Waals surface area contributed by atoms with Gasteiger partial charge >= 0.3 is 5.97 Å². The fourth-order valence-corrected chi connectivity index (χ4v) is 3.99. The number of amides is 2. The summed E-state index contributed by atoms with van der Waals surface area (Å²) < 4.78 is 11.1. The normalized spacial score (nSPS) is 14.7. The number of hydrogen-bond acceptors (Lipinski definition) is 8. The number of rotatable bonds is 8. The number of esters is 1. The lowest BCUT2D eigenvalue weighted by Crippen LogP contribution is -2.27. The summed E-state index contributed by atoms with van der Waals surface area (Å²) in [5, 5.41) is 10.3. The highest BCUT2D eigenvalue weighted by Gasteiger charge is 2.35. The second-order valence-corrected chi connectivity index (χ2v) is 8.38. The van der Waals surface area contributed by atoms with Gasteiger partial charge in [-0.25, -0.2) is 4.79 Å². The lowest BCUT2D eigenvalue weighted by Gasteiger charge is -2.12. The van der Waals surface area contributed by atoms with E-state index < -0.39 is 22.0 Å². The number of nitro groups is 1. The standard InChI is InChI=1S/C21H17BrN2O7S/c1-2-30-19(25)12-31-17-8-5-15(22)9-14(17)10-18-20(26)23(21(27)32-18)11-13-3-6-16(7-4-13)24(28)29/h3-10H,2,11-12H2,1H3/b18-10-. The Morgan fingerprint density at radius 2 is 1.94 bits per heavy atom. The molecule has 2 aromatic rings. The molecule has 0 radical (unpaired) electrons. The molecule has 0 unspecified atom stereocenters. The van der Waals surface area contributed by atoms with Gasteiger partial charge in [0.2, 0.25) is 0 Å². The molecule has 0 N–H and O–H groups in total. The summed E-state index contributed by atoms with van der Waals surface area (Å²) >= 11 is 4.14. The average molecular weight is 521 g/mol. The van der Waals surface area contributed by atoms with E-state index in [1.165, 1.54) is 30.3 Å². The lowest BCUT2D eigenvalue weighted by atomic mass is 10.1. The summed E-state index contributed by atoms with van der Waals surface area (Å²) in [6.45, 7) is 1.62. The third kappa shape index (κ3) is 5.74. The van der Waals surface area contributed by atoms with E-state index in [0.29, 0.717) is 16.9 Å². The lowest BCUT2D eigenvalue weighted by molar-refractivity contribution is -0.384. The number of ether oxygens (including phenoxy) is 2. The van der Waals surface area contributed by atoms with Crippen LogP contribution in [0.2, 0.25) is 0 Å². The minimum atomic E-state index is -0.523. The first-order chi connectivity index (χ1) is 15.3. The number of carbonyl (C=O) groups is 3. The Hall–Kier alpha value is -3.18. The van der Waals surface area contributed by atoms with Crippen molar-refractivity contribution in [3.05, 3.63) is 73.1 Å². The first kappa shape index (κ1) is 23.5. The van der Waals surface area contributed by atoms with Crippen LogP contribution in [0.4, 0.5) is 10.5 Å². The van der Waals surface area contributed by atoms with Crippen LogP contribution in [0.5, 0.6) is 5.75 Å². The van der Waals surface area contributed by atoms with Crippen LogP contribution >= 0.6 is 27.7 Å². The van der Waals surface area contributed by atoms with Gasteiger partial charge < -0.3 is 9.47 Å². The Balaban J connectivity index is 1.78. The number of imide groups is 1. The number of halogens is 1. The van der Waals surface area contributed by atoms with Gasteiger partial charge in [0, 0.05) is 22.2 Å². The zero-order valence-electron chi connectivity index (χ0n) is 16.8. The molecule has 1 heterocycles. The maximum atomic E-state index is 12.8. The fraction of sp³-hybridized carbons (Fsp3) is 0.190. The second-order valence-electron chi connectivity index (χ2n) is 6.47. The topological polar surface area (TPSA) is 116 Å². The average Bonchev–Trinajstić information content (AvgIpc) is 3.01. The van der Waals surface area contributed by atoms with Crippen molar-refractivity contribution in [2.75, 3.05) is 13.2 Å². The summed E-state index contributed by atoms with van der Waals surface area (Å²) in [6, 6.07) is 10.7. The number of thioether (sulfide) groups is 1. The van der Waals surface area contributed by atoms with E-state index in [2.05, 4.69) is 15.9 Å². The van der Waals surface area contributed by atoms with Crippen molar-refractivity contribution in [1.82, 2.24) is 4.90 Å². The van der Waals surface area contributed by atoms with Crippen LogP contribution in [-0.4, -0.2) is 40.2 Å². The van der Waals surface area contributed by atoms with E-state index in [0.717, 1.165) is 21.1 Å². The fourth-order valence-electron chi connectivity index (χ4n) is 2.79. The number of nitro benzene ring substituents is 1. The molecule has 0 bridgehead atoms. The van der Waals surface area contributed by atoms with Crippen LogP contribution < -0.4 is 4.74 Å². The molecule has 0 atom stereocenters. The highest BCUT2D eigenvalue weighted by atomic mass is 79.9. The Bertz CT molecular complexity index is 1100. The Kier molecular flexibility index (Phi) is 7.65. The number of benzene rings is 2. The van der Waals surface area contributed by atoms with Crippen LogP contribution in [0.25, 0.3) is 6.08 Å². The van der Waals surface area contributed by atoms with Crippen LogP contribution in [0.15, 0.2) is 51.8 Å². The number of carbonyl (C=O) groups excluding carboxylic acids is 3. The first-order valence-electron chi connectivity index (χ1n) is 9.35. The maximum Gasteiger partial charge on any atom is 0.344 e. The molecule has 0 saturated carbocycles. The molecule has 2 amide bonds. The molecular weight excluding hydrogens is 504 g/mol. The monoisotopic (exact) mass is 520 g/mol. The van der Waals surface area contributed by atoms with E-state index in [1.54, 1.807) is 25.1 Å². The van der Waals surface area contributed by atoms with E-state index in [-0.39, 0.29) is 30.4 Å². The second kappa shape index (κ2) is 10.4. The molecule has 11 heteroatoms. The van der Waals surface area contributed by atoms with Gasteiger partial charge in [0.15, 0.2) is 6.61 Å². The van der Waals surface area contributed by atoms with Crippen molar-refractivity contribution in [2.24, 2.45) is 0 Å². The molecule has 0 aromatic heterocycles. The highest BCUT2D eigenvalue weighted by Crippen LogP contribution is 2.35. The minimum Gasteiger partial charge on any atom is -0.481 e. The third-order valence-electron chi connectivity index (χ3n) is 4.27. The minimum absolute atomic E-state index is 0.00923. The molecule has 9 nitrogen and oxygen atoms in total. The van der Waals surface area contributed by atoms with Crippen LogP contribution in [-0.2, 0) is 20.9 Å². The van der Waals surface area contributed by atoms with Crippen molar-refractivity contribution in [3.63, 3.8) is 0 Å². The van der Waals surface area contributed by atoms with Crippen molar-refractivity contribution >= 4 is 56.6 Å². The van der Waals surface area contributed by atoms with Gasteiger partial charge in [0.05, 0.1) is 23.0 Å². The number of hydrogen-bond donors (Lipinski definition) is 0. The van der Waals surface area contributed by atoms with Crippen LogP contribution in [0.3, 0.4) is 0 Å². The molecule has 3 rings (SSSR count). The predicted octanol–water partition coefficient (Wildman–Crippen LogP) is 4.54. The van der Waals surface area contributed by atoms with Crippen molar-refractivity contribution < 1.29 is 28.8 Å². The molecule has 1 aliphatic rings. The predicted molar refractivity (Wildman–Crippen MR) is 121 cm³/mol. The van der Waals surface area contributed by atoms with Crippen LogP contribution in [0.1, 0.15) is 18.1 Å². The molecule has 2 aromatic carbocycles. The first-order valence-corrected chi connectivity index (χ1v) is 11.0. The summed E-state index contributed by atoms with van der Waals surface area (Å²) in [7, 11) is 0. The zero-order valence-corrected chi connectivity index (χ0v) is 19.2. The quantitative estimate of drug-likeness (QED) is 0.215. The van der Waals surface area contributed by atoms with Gasteiger partial charge in [-0.3, -0.25) is 24.6 Å². The summed E-state index contributed by atoms with van der Waals surface area (Å²) in [6.07, 6.45) is 1.52. The Morgan fingerprint density at radius 1 is 1.22 bits per heavy atom. The van der Waals surface area contributed by atoms with Gasteiger partial charge in [-0.1, -0.05) is 28.1 Å². The summed E-state index contributed by atoms with van der Waals surface area (Å²) in [5.74, 6) is -0.664. The molecular formula is C21H17BrN2O7S. The molecule has 0 spiro atoms. The van der Waals surface area contributed by atoms with E-state index in [9.17, 15) is 24.5 Å². The Morgan fingerprint density at radius 3 is 2.59 bits per heavy atom. The molecule has 0 aliphatic carbocycles. The molecule has 32 heavy (non-hydrogen) atoms. The van der Waals surface area contributed by atoms with Gasteiger partial charge in [-0.15, -0.1) is 0 Å². The van der Waals surface area contributed by atoms with E-state index in [1.807, 2.05) is 0 Å². The van der Waals surface area contributed by atoms with Gasteiger partial charge in [-0.2, -0.15) is 0 Å². The molecule has 166 valence electrons.